The fourth-order valence-corrected chi connectivity index (χ4v) is 0.898. The second-order valence-corrected chi connectivity index (χ2v) is 2.24. The molecular weight excluding hydrogens is 152 g/mol. The summed E-state index contributed by atoms with van der Waals surface area (Å²) < 4.78 is 0. The van der Waals surface area contributed by atoms with Crippen molar-refractivity contribution in [1.29, 1.82) is 0 Å². The molecule has 0 bridgehead atoms. The van der Waals surface area contributed by atoms with Gasteiger partial charge in [0.1, 0.15) is 0 Å². The Labute approximate surface area is 69.3 Å². The van der Waals surface area contributed by atoms with Gasteiger partial charge in [0.15, 0.2) is 0 Å². The van der Waals surface area contributed by atoms with Crippen LogP contribution in [0.15, 0.2) is 36.8 Å². The van der Waals surface area contributed by atoms with Crippen molar-refractivity contribution >= 4 is 0 Å². The van der Waals surface area contributed by atoms with Gasteiger partial charge in [0.25, 0.3) is 0 Å². The molecule has 0 aromatic carbocycles. The number of hydrogen-bond acceptors (Lipinski definition) is 4. The van der Waals surface area contributed by atoms with Crippen molar-refractivity contribution in [3.63, 3.8) is 0 Å². The molecule has 2 heterocycles. The Balaban J connectivity index is 2.46. The van der Waals surface area contributed by atoms with Crippen LogP contribution in [0.3, 0.4) is 0 Å². The molecular formula is C8H6N4. The lowest BCUT2D eigenvalue weighted by atomic mass is 10.2. The van der Waals surface area contributed by atoms with Crippen LogP contribution in [0.25, 0.3) is 11.3 Å². The molecule has 4 nitrogen and oxygen atoms in total. The predicted molar refractivity (Wildman–Crippen MR) is 43.1 cm³/mol. The first-order chi connectivity index (χ1) is 5.97. The smallest absolute Gasteiger partial charge is 0.0946 e. The lowest BCUT2D eigenvalue weighted by Gasteiger charge is -1.94. The average Bonchev–Trinajstić information content (AvgIpc) is 2.21. The molecule has 0 radical (unpaired) electrons. The molecule has 0 saturated carbocycles. The molecule has 0 aliphatic rings. The van der Waals surface area contributed by atoms with E-state index in [0.29, 0.717) is 0 Å². The Morgan fingerprint density at radius 3 is 2.58 bits per heavy atom. The van der Waals surface area contributed by atoms with E-state index in [-0.39, 0.29) is 0 Å². The molecule has 0 spiro atoms. The minimum absolute atomic E-state index is 0.812. The molecule has 0 unspecified atom stereocenters. The summed E-state index contributed by atoms with van der Waals surface area (Å²) in [6.07, 6.45) is 4.92. The summed E-state index contributed by atoms with van der Waals surface area (Å²) >= 11 is 0. The fourth-order valence-electron chi connectivity index (χ4n) is 0.898. The van der Waals surface area contributed by atoms with Crippen LogP contribution in [0.4, 0.5) is 0 Å². The molecule has 2 aromatic rings. The Hall–Kier alpha value is -1.84. The van der Waals surface area contributed by atoms with Crippen LogP contribution in [0, 0.1) is 0 Å². The molecule has 58 valence electrons. The maximum absolute atomic E-state index is 3.93. The number of nitrogens with zero attached hydrogens (tertiary/aromatic N) is 4. The molecule has 0 aliphatic carbocycles. The lowest BCUT2D eigenvalue weighted by molar-refractivity contribution is 1.01. The third kappa shape index (κ3) is 1.27. The highest BCUT2D eigenvalue weighted by Crippen LogP contribution is 2.11. The number of rotatable bonds is 1. The molecule has 0 atom stereocenters. The molecule has 2 aromatic heterocycles. The summed E-state index contributed by atoms with van der Waals surface area (Å²) in [4.78, 5) is 0. The molecule has 0 saturated heterocycles. The van der Waals surface area contributed by atoms with Gasteiger partial charge in [-0.1, -0.05) is 0 Å². The van der Waals surface area contributed by atoms with Gasteiger partial charge in [-0.3, -0.25) is 0 Å². The van der Waals surface area contributed by atoms with E-state index in [1.54, 1.807) is 18.6 Å². The second kappa shape index (κ2) is 3.04. The van der Waals surface area contributed by atoms with Crippen molar-refractivity contribution in [3.8, 4) is 11.3 Å². The van der Waals surface area contributed by atoms with Crippen LogP contribution in [0.2, 0.25) is 0 Å². The predicted octanol–water partition coefficient (Wildman–Crippen LogP) is 0.934. The Bertz CT molecular complexity index is 308. The lowest BCUT2D eigenvalue weighted by Crippen LogP contribution is -1.86. The quantitative estimate of drug-likeness (QED) is 0.619. The Morgan fingerprint density at radius 2 is 1.92 bits per heavy atom. The highest BCUT2D eigenvalue weighted by molar-refractivity contribution is 5.55. The zero-order chi connectivity index (χ0) is 8.23. The first-order valence-electron chi connectivity index (χ1n) is 3.51. The van der Waals surface area contributed by atoms with Gasteiger partial charge in [-0.2, -0.15) is 20.4 Å². The van der Waals surface area contributed by atoms with Crippen molar-refractivity contribution in [2.24, 2.45) is 0 Å². The van der Waals surface area contributed by atoms with Crippen molar-refractivity contribution in [3.05, 3.63) is 36.8 Å². The third-order valence-electron chi connectivity index (χ3n) is 1.45. The Morgan fingerprint density at radius 1 is 0.917 bits per heavy atom. The molecule has 12 heavy (non-hydrogen) atoms. The molecule has 0 aliphatic heterocycles. The summed E-state index contributed by atoms with van der Waals surface area (Å²) in [5, 5.41) is 15.1. The first kappa shape index (κ1) is 6.84. The standard InChI is InChI=1S/C8H6N4/c1-2-8(12-10-4-1)7-3-5-9-11-6-7/h1-6H. The third-order valence-corrected chi connectivity index (χ3v) is 1.45. The molecule has 2 rings (SSSR count). The van der Waals surface area contributed by atoms with Gasteiger partial charge in [0, 0.05) is 11.8 Å². The van der Waals surface area contributed by atoms with Crippen LogP contribution in [0.1, 0.15) is 0 Å². The van der Waals surface area contributed by atoms with E-state index >= 15 is 0 Å². The normalized spacial score (nSPS) is 9.67. The van der Waals surface area contributed by atoms with Crippen LogP contribution < -0.4 is 0 Å². The van der Waals surface area contributed by atoms with Crippen LogP contribution in [0.5, 0.6) is 0 Å². The first-order valence-corrected chi connectivity index (χ1v) is 3.51. The SMILES string of the molecule is c1cnnc(-c2ccnnc2)c1. The van der Waals surface area contributed by atoms with E-state index in [4.69, 9.17) is 0 Å². The Kier molecular flexibility index (Phi) is 1.74. The largest absolute Gasteiger partial charge is 0.159 e. The number of aromatic nitrogens is 4. The van der Waals surface area contributed by atoms with Gasteiger partial charge in [-0.05, 0) is 18.2 Å². The fraction of sp³-hybridized carbons (Fsp3) is 0. The average molecular weight is 158 g/mol. The molecule has 0 N–H and O–H groups in total. The molecule has 0 fully saturated rings. The van der Waals surface area contributed by atoms with Crippen LogP contribution in [-0.4, -0.2) is 20.4 Å². The highest BCUT2D eigenvalue weighted by Gasteiger charge is 1.96. The van der Waals surface area contributed by atoms with E-state index in [9.17, 15) is 0 Å². The van der Waals surface area contributed by atoms with E-state index in [1.165, 1.54) is 0 Å². The van der Waals surface area contributed by atoms with Crippen LogP contribution >= 0.6 is 0 Å². The van der Waals surface area contributed by atoms with E-state index in [0.717, 1.165) is 11.3 Å². The van der Waals surface area contributed by atoms with Gasteiger partial charge < -0.3 is 0 Å². The zero-order valence-corrected chi connectivity index (χ0v) is 6.25. The minimum Gasteiger partial charge on any atom is -0.159 e. The van der Waals surface area contributed by atoms with E-state index in [2.05, 4.69) is 20.4 Å². The van der Waals surface area contributed by atoms with Crippen molar-refractivity contribution in [2.75, 3.05) is 0 Å². The summed E-state index contributed by atoms with van der Waals surface area (Å²) in [5.41, 5.74) is 1.74. The van der Waals surface area contributed by atoms with E-state index in [1.807, 2.05) is 18.2 Å². The van der Waals surface area contributed by atoms with Crippen molar-refractivity contribution in [2.45, 2.75) is 0 Å². The summed E-state index contributed by atoms with van der Waals surface area (Å²) in [7, 11) is 0. The maximum Gasteiger partial charge on any atom is 0.0946 e. The molecule has 4 heteroatoms. The number of hydrogen-bond donors (Lipinski definition) is 0. The second-order valence-electron chi connectivity index (χ2n) is 2.24. The zero-order valence-electron chi connectivity index (χ0n) is 6.25. The van der Waals surface area contributed by atoms with Crippen LogP contribution in [-0.2, 0) is 0 Å². The summed E-state index contributed by atoms with van der Waals surface area (Å²) in [6.45, 7) is 0. The summed E-state index contributed by atoms with van der Waals surface area (Å²) in [5.74, 6) is 0. The molecule has 0 amide bonds. The van der Waals surface area contributed by atoms with Gasteiger partial charge in [0.05, 0.1) is 18.1 Å². The minimum atomic E-state index is 0.812. The monoisotopic (exact) mass is 158 g/mol. The van der Waals surface area contributed by atoms with Gasteiger partial charge in [0.2, 0.25) is 0 Å². The van der Waals surface area contributed by atoms with Gasteiger partial charge in [-0.25, -0.2) is 0 Å². The highest BCUT2D eigenvalue weighted by atomic mass is 15.1. The van der Waals surface area contributed by atoms with Crippen molar-refractivity contribution < 1.29 is 0 Å². The van der Waals surface area contributed by atoms with Crippen molar-refractivity contribution in [1.82, 2.24) is 20.4 Å². The topological polar surface area (TPSA) is 51.6 Å². The van der Waals surface area contributed by atoms with Gasteiger partial charge in [-0.15, -0.1) is 0 Å². The summed E-state index contributed by atoms with van der Waals surface area (Å²) in [6, 6.07) is 5.56. The maximum atomic E-state index is 3.93. The van der Waals surface area contributed by atoms with Gasteiger partial charge >= 0.3 is 0 Å². The van der Waals surface area contributed by atoms with E-state index < -0.39 is 0 Å².